The minimum absolute atomic E-state index is 0.0379. The van der Waals surface area contributed by atoms with Crippen molar-refractivity contribution in [1.82, 2.24) is 4.90 Å². The van der Waals surface area contributed by atoms with E-state index in [1.165, 1.54) is 6.07 Å². The van der Waals surface area contributed by atoms with Gasteiger partial charge in [0.05, 0.1) is 16.8 Å². The number of nitrogens with one attached hydrogen (secondary N) is 1. The number of hydrogen-bond donors (Lipinski definition) is 1. The van der Waals surface area contributed by atoms with Crippen LogP contribution in [-0.4, -0.2) is 31.1 Å². The number of nitriles is 1. The first kappa shape index (κ1) is 15.6. The van der Waals surface area contributed by atoms with Crippen molar-refractivity contribution < 1.29 is 13.2 Å². The van der Waals surface area contributed by atoms with Gasteiger partial charge in [0.2, 0.25) is 0 Å². The third-order valence-electron chi connectivity index (χ3n) is 3.92. The van der Waals surface area contributed by atoms with E-state index in [4.69, 9.17) is 5.26 Å². The van der Waals surface area contributed by atoms with Gasteiger partial charge in [-0.15, -0.1) is 0 Å². The first-order valence-electron chi connectivity index (χ1n) is 6.87. The van der Waals surface area contributed by atoms with Crippen LogP contribution < -0.4 is 5.32 Å². The largest absolute Gasteiger partial charge is 0.416 e. The summed E-state index contributed by atoms with van der Waals surface area (Å²) in [6.45, 7) is 3.97. The van der Waals surface area contributed by atoms with Crippen molar-refractivity contribution in [3.63, 3.8) is 0 Å². The Morgan fingerprint density at radius 3 is 2.67 bits per heavy atom. The van der Waals surface area contributed by atoms with Gasteiger partial charge in [-0.25, -0.2) is 0 Å². The van der Waals surface area contributed by atoms with Crippen LogP contribution in [0.5, 0.6) is 0 Å². The van der Waals surface area contributed by atoms with E-state index in [1.807, 2.05) is 13.1 Å². The molecule has 3 nitrogen and oxygen atoms in total. The Balaban J connectivity index is 2.19. The number of hydrogen-bond acceptors (Lipinski definition) is 3. The van der Waals surface area contributed by atoms with Crippen molar-refractivity contribution in [2.24, 2.45) is 5.92 Å². The second-order valence-electron chi connectivity index (χ2n) is 5.65. The highest BCUT2D eigenvalue weighted by Gasteiger charge is 2.31. The number of likely N-dealkylation sites (tertiary alicyclic amines) is 1. The van der Waals surface area contributed by atoms with Crippen LogP contribution in [0.15, 0.2) is 18.2 Å². The van der Waals surface area contributed by atoms with Gasteiger partial charge in [-0.05, 0) is 44.1 Å². The zero-order chi connectivity index (χ0) is 15.6. The second-order valence-corrected chi connectivity index (χ2v) is 5.65. The van der Waals surface area contributed by atoms with Crippen molar-refractivity contribution in [2.45, 2.75) is 25.6 Å². The van der Waals surface area contributed by atoms with Crippen LogP contribution in [0.4, 0.5) is 18.9 Å². The quantitative estimate of drug-likeness (QED) is 0.910. The fraction of sp³-hybridized carbons (Fsp3) is 0.533. The fourth-order valence-corrected chi connectivity index (χ4v) is 2.71. The average molecular weight is 297 g/mol. The van der Waals surface area contributed by atoms with E-state index in [-0.39, 0.29) is 11.6 Å². The lowest BCUT2D eigenvalue weighted by molar-refractivity contribution is -0.137. The molecule has 1 heterocycles. The molecule has 0 amide bonds. The summed E-state index contributed by atoms with van der Waals surface area (Å²) >= 11 is 0. The molecule has 0 bridgehead atoms. The molecule has 1 aromatic carbocycles. The molecule has 2 rings (SSSR count). The molecule has 0 aliphatic carbocycles. The third kappa shape index (κ3) is 3.67. The van der Waals surface area contributed by atoms with Crippen LogP contribution in [0.1, 0.15) is 24.5 Å². The molecule has 1 N–H and O–H groups in total. The molecule has 0 aromatic heterocycles. The lowest BCUT2D eigenvalue weighted by atomic mass is 9.93. The van der Waals surface area contributed by atoms with Gasteiger partial charge in [0.15, 0.2) is 0 Å². The van der Waals surface area contributed by atoms with Gasteiger partial charge >= 0.3 is 6.18 Å². The standard InChI is InChI=1S/C15H18F3N3/c1-10-9-21(2)6-5-13(10)20-14-4-3-12(15(16,17)18)7-11(14)8-19/h3-4,7,10,13,20H,5-6,9H2,1-2H3. The van der Waals surface area contributed by atoms with E-state index in [0.29, 0.717) is 11.6 Å². The summed E-state index contributed by atoms with van der Waals surface area (Å²) in [7, 11) is 2.05. The highest BCUT2D eigenvalue weighted by Crippen LogP contribution is 2.32. The van der Waals surface area contributed by atoms with Crippen LogP contribution >= 0.6 is 0 Å². The van der Waals surface area contributed by atoms with E-state index in [9.17, 15) is 13.2 Å². The summed E-state index contributed by atoms with van der Waals surface area (Å²) in [5.41, 5.74) is -0.274. The minimum atomic E-state index is -4.43. The number of benzene rings is 1. The molecular weight excluding hydrogens is 279 g/mol. The second kappa shape index (κ2) is 5.94. The fourth-order valence-electron chi connectivity index (χ4n) is 2.71. The Hall–Kier alpha value is -1.74. The van der Waals surface area contributed by atoms with Gasteiger partial charge in [0, 0.05) is 12.6 Å². The van der Waals surface area contributed by atoms with Crippen LogP contribution in [0.25, 0.3) is 0 Å². The van der Waals surface area contributed by atoms with Gasteiger partial charge < -0.3 is 10.2 Å². The van der Waals surface area contributed by atoms with Gasteiger partial charge in [-0.3, -0.25) is 0 Å². The summed E-state index contributed by atoms with van der Waals surface area (Å²) in [5.74, 6) is 0.373. The average Bonchev–Trinajstić information content (AvgIpc) is 2.41. The third-order valence-corrected chi connectivity index (χ3v) is 3.92. The topological polar surface area (TPSA) is 39.1 Å². The normalized spacial score (nSPS) is 23.6. The van der Waals surface area contributed by atoms with Crippen molar-refractivity contribution in [2.75, 3.05) is 25.5 Å². The highest BCUT2D eigenvalue weighted by atomic mass is 19.4. The molecule has 1 aromatic rings. The molecule has 1 aliphatic rings. The first-order valence-corrected chi connectivity index (χ1v) is 6.87. The lowest BCUT2D eigenvalue weighted by Gasteiger charge is -2.36. The summed E-state index contributed by atoms with van der Waals surface area (Å²) in [6.07, 6.45) is -3.52. The van der Waals surface area contributed by atoms with Gasteiger partial charge in [-0.2, -0.15) is 18.4 Å². The first-order chi connectivity index (χ1) is 9.81. The van der Waals surface area contributed by atoms with Crippen molar-refractivity contribution >= 4 is 5.69 Å². The van der Waals surface area contributed by atoms with Crippen LogP contribution in [0, 0.1) is 17.2 Å². The Morgan fingerprint density at radius 2 is 2.10 bits per heavy atom. The Kier molecular flexibility index (Phi) is 4.43. The van der Waals surface area contributed by atoms with E-state index < -0.39 is 11.7 Å². The van der Waals surface area contributed by atoms with Gasteiger partial charge in [0.1, 0.15) is 6.07 Å². The molecule has 114 valence electrons. The maximum atomic E-state index is 12.7. The zero-order valence-electron chi connectivity index (χ0n) is 12.0. The maximum absolute atomic E-state index is 12.7. The molecule has 0 radical (unpaired) electrons. The number of anilines is 1. The molecule has 1 fully saturated rings. The Bertz CT molecular complexity index is 548. The number of piperidine rings is 1. The summed E-state index contributed by atoms with van der Waals surface area (Å²) in [5, 5.41) is 12.3. The zero-order valence-corrected chi connectivity index (χ0v) is 12.0. The molecular formula is C15H18F3N3. The van der Waals surface area contributed by atoms with Gasteiger partial charge in [-0.1, -0.05) is 6.92 Å². The molecule has 2 atom stereocenters. The van der Waals surface area contributed by atoms with Gasteiger partial charge in [0.25, 0.3) is 0 Å². The summed E-state index contributed by atoms with van der Waals surface area (Å²) in [4.78, 5) is 2.22. The van der Waals surface area contributed by atoms with E-state index in [1.54, 1.807) is 0 Å². The smallest absolute Gasteiger partial charge is 0.381 e. The van der Waals surface area contributed by atoms with Crippen molar-refractivity contribution in [1.29, 1.82) is 5.26 Å². The number of nitrogens with zero attached hydrogens (tertiary/aromatic N) is 2. The molecule has 6 heteroatoms. The highest BCUT2D eigenvalue weighted by molar-refractivity contribution is 5.59. The Labute approximate surface area is 122 Å². The number of rotatable bonds is 2. The molecule has 1 saturated heterocycles. The number of alkyl halides is 3. The summed E-state index contributed by atoms with van der Waals surface area (Å²) < 4.78 is 38.0. The monoisotopic (exact) mass is 297 g/mol. The SMILES string of the molecule is CC1CN(C)CCC1Nc1ccc(C(F)(F)F)cc1C#N. The molecule has 0 saturated carbocycles. The predicted octanol–water partition coefficient (Wildman–Crippen LogP) is 3.33. The summed E-state index contributed by atoms with van der Waals surface area (Å²) in [6, 6.07) is 5.29. The van der Waals surface area contributed by atoms with Crippen LogP contribution in [0.2, 0.25) is 0 Å². The number of halogens is 3. The Morgan fingerprint density at radius 1 is 1.38 bits per heavy atom. The van der Waals surface area contributed by atoms with E-state index in [2.05, 4.69) is 17.1 Å². The molecule has 2 unspecified atom stereocenters. The predicted molar refractivity (Wildman–Crippen MR) is 74.8 cm³/mol. The molecule has 21 heavy (non-hydrogen) atoms. The van der Waals surface area contributed by atoms with Crippen LogP contribution in [-0.2, 0) is 6.18 Å². The molecule has 0 spiro atoms. The minimum Gasteiger partial charge on any atom is -0.381 e. The maximum Gasteiger partial charge on any atom is 0.416 e. The molecule has 1 aliphatic heterocycles. The van der Waals surface area contributed by atoms with Crippen molar-refractivity contribution in [3.8, 4) is 6.07 Å². The van der Waals surface area contributed by atoms with Crippen LogP contribution in [0.3, 0.4) is 0 Å². The lowest BCUT2D eigenvalue weighted by Crippen LogP contribution is -2.43. The van der Waals surface area contributed by atoms with Crippen molar-refractivity contribution in [3.05, 3.63) is 29.3 Å². The van der Waals surface area contributed by atoms with E-state index >= 15 is 0 Å². The van der Waals surface area contributed by atoms with E-state index in [0.717, 1.165) is 31.6 Å².